The lowest BCUT2D eigenvalue weighted by molar-refractivity contribution is -0.122. The van der Waals surface area contributed by atoms with E-state index in [2.05, 4.69) is 45.5 Å². The molecule has 2 aliphatic rings. The highest BCUT2D eigenvalue weighted by Gasteiger charge is 2.28. The van der Waals surface area contributed by atoms with Gasteiger partial charge >= 0.3 is 0 Å². The van der Waals surface area contributed by atoms with E-state index in [4.69, 9.17) is 56.0 Å². The molecule has 3 unspecified atom stereocenters. The Labute approximate surface area is 345 Å². The van der Waals surface area contributed by atoms with Gasteiger partial charge in [0.2, 0.25) is 11.2 Å². The number of fused-ring (bicyclic) bond motifs is 1. The number of hydrogen-bond donors (Lipinski definition) is 4. The average Bonchev–Trinajstić information content (AvgIpc) is 3.85. The molecule has 1 saturated carbocycles. The fourth-order valence-corrected chi connectivity index (χ4v) is 7.63. The van der Waals surface area contributed by atoms with Crippen molar-refractivity contribution in [1.82, 2.24) is 25.1 Å². The Kier molecular flexibility index (Phi) is 24.6. The SMILES string of the molecule is C#CCOCCOCCOCCOCCC(=O)NCc1ccccc1CNc1nc(Cl)nc2c1cnn2C1CCC(CC)O1.CC1CCC1.COP(C)CP(O)O. The topological polar surface area (TPSA) is 181 Å². The van der Waals surface area contributed by atoms with Gasteiger partial charge in [-0.2, -0.15) is 15.1 Å². The van der Waals surface area contributed by atoms with Gasteiger partial charge in [-0.05, 0) is 54.6 Å². The smallest absolute Gasteiger partial charge is 0.226 e. The van der Waals surface area contributed by atoms with Crippen LogP contribution in [0.5, 0.6) is 0 Å². The molecule has 5 rings (SSSR count). The van der Waals surface area contributed by atoms with Crippen LogP contribution in [0.4, 0.5) is 5.82 Å². The molecule has 2 fully saturated rings. The maximum atomic E-state index is 12.4. The van der Waals surface area contributed by atoms with Crippen molar-refractivity contribution in [3.8, 4) is 12.3 Å². The second-order valence-corrected chi connectivity index (χ2v) is 17.3. The minimum absolute atomic E-state index is 0.0923. The zero-order valence-corrected chi connectivity index (χ0v) is 36.3. The number of carbonyl (C=O) groups excluding carboxylic acids is 1. The van der Waals surface area contributed by atoms with Gasteiger partial charge in [0.15, 0.2) is 20.3 Å². The van der Waals surface area contributed by atoms with Crippen LogP contribution in [0.3, 0.4) is 0 Å². The normalized spacial score (nSPS) is 16.9. The lowest BCUT2D eigenvalue weighted by Crippen LogP contribution is -2.25. The first-order valence-electron chi connectivity index (χ1n) is 19.4. The molecule has 15 nitrogen and oxygen atoms in total. The average molecular weight is 855 g/mol. The molecule has 1 saturated heterocycles. The number of hydrogen-bond acceptors (Lipinski definition) is 13. The summed E-state index contributed by atoms with van der Waals surface area (Å²) in [5.41, 5.74) is 2.64. The number of terminal acetylenes is 1. The minimum Gasteiger partial charge on any atom is -0.379 e. The first kappa shape index (κ1) is 48.8. The number of rotatable bonds is 23. The Hall–Kier alpha value is -2.57. The van der Waals surface area contributed by atoms with Gasteiger partial charge in [-0.15, -0.1) is 6.42 Å². The maximum Gasteiger partial charge on any atom is 0.226 e. The lowest BCUT2D eigenvalue weighted by atomic mass is 9.88. The molecule has 1 aliphatic carbocycles. The van der Waals surface area contributed by atoms with E-state index < -0.39 is 16.5 Å². The van der Waals surface area contributed by atoms with Gasteiger partial charge < -0.3 is 48.6 Å². The largest absolute Gasteiger partial charge is 0.379 e. The zero-order valence-electron chi connectivity index (χ0n) is 33.7. The van der Waals surface area contributed by atoms with Crippen molar-refractivity contribution < 1.29 is 42.8 Å². The van der Waals surface area contributed by atoms with Crippen LogP contribution < -0.4 is 10.6 Å². The molecule has 0 bridgehead atoms. The second kappa shape index (κ2) is 28.8. The second-order valence-electron chi connectivity index (χ2n) is 13.5. The third-order valence-electron chi connectivity index (χ3n) is 9.09. The molecule has 57 heavy (non-hydrogen) atoms. The number of ether oxygens (including phenoxy) is 5. The fraction of sp³-hybridized carbons (Fsp3) is 0.641. The quantitative estimate of drug-likeness (QED) is 0.0347. The Morgan fingerprint density at radius 2 is 1.63 bits per heavy atom. The molecule has 318 valence electrons. The van der Waals surface area contributed by atoms with Crippen molar-refractivity contribution in [1.29, 1.82) is 0 Å². The number of benzene rings is 1. The molecule has 3 heterocycles. The number of nitrogens with one attached hydrogen (secondary N) is 2. The predicted molar refractivity (Wildman–Crippen MR) is 225 cm³/mol. The summed E-state index contributed by atoms with van der Waals surface area (Å²) in [4.78, 5) is 38.1. The van der Waals surface area contributed by atoms with Crippen LogP contribution in [-0.4, -0.2) is 114 Å². The highest BCUT2D eigenvalue weighted by Crippen LogP contribution is 2.43. The molecule has 0 radical (unpaired) electrons. The summed E-state index contributed by atoms with van der Waals surface area (Å²) >= 11 is 6.30. The standard InChI is InChI=1S/C31H41ClN6O6.C5H10.C3H10O3P2/c1-3-12-40-14-16-42-18-19-43-17-15-41-13-11-27(39)33-20-23-7-5-6-8-24(23)21-34-29-26-22-35-38(30(26)37-31(32)36-29)28-10-9-25(4-2)44-28;1-5-3-2-4-5;1-6-7(2)3-8(4)5/h1,5-8,22,25,28H,4,9-21H2,2H3,(H,33,39)(H,34,36,37);5H,2-4H2,1H3;4-5H,3H2,1-2H3. The molecule has 1 amide bonds. The predicted octanol–water partition coefficient (Wildman–Crippen LogP) is 6.61. The molecule has 3 aromatic rings. The maximum absolute atomic E-state index is 12.4. The van der Waals surface area contributed by atoms with E-state index in [1.54, 1.807) is 18.0 Å². The third-order valence-corrected chi connectivity index (χ3v) is 12.5. The van der Waals surface area contributed by atoms with E-state index in [0.717, 1.165) is 41.7 Å². The van der Waals surface area contributed by atoms with Crippen LogP contribution in [0.2, 0.25) is 5.28 Å². The number of amides is 1. The first-order valence-corrected chi connectivity index (χ1v) is 23.1. The summed E-state index contributed by atoms with van der Waals surface area (Å²) in [6.07, 6.45) is 14.5. The summed E-state index contributed by atoms with van der Waals surface area (Å²) in [6, 6.07) is 7.90. The molecule has 0 spiro atoms. The van der Waals surface area contributed by atoms with Gasteiger partial charge in [0.05, 0.1) is 69.8 Å². The Bertz CT molecular complexity index is 1610. The van der Waals surface area contributed by atoms with E-state index in [1.165, 1.54) is 19.3 Å². The summed E-state index contributed by atoms with van der Waals surface area (Å²) in [5.74, 6) is 4.36. The van der Waals surface area contributed by atoms with Crippen LogP contribution in [0.1, 0.15) is 76.1 Å². The summed E-state index contributed by atoms with van der Waals surface area (Å²) in [5, 5.41) is 11.8. The fourth-order valence-electron chi connectivity index (χ4n) is 5.58. The van der Waals surface area contributed by atoms with E-state index >= 15 is 0 Å². The first-order chi connectivity index (χ1) is 27.6. The highest BCUT2D eigenvalue weighted by molar-refractivity contribution is 7.66. The van der Waals surface area contributed by atoms with Gasteiger partial charge in [-0.3, -0.25) is 4.79 Å². The molecular weight excluding hydrogens is 794 g/mol. The molecular formula is C39H61ClN6O9P2. The van der Waals surface area contributed by atoms with Crippen molar-refractivity contribution in [3.05, 3.63) is 46.9 Å². The summed E-state index contributed by atoms with van der Waals surface area (Å²) in [6.45, 7) is 10.4. The lowest BCUT2D eigenvalue weighted by Gasteiger charge is -2.18. The zero-order chi connectivity index (χ0) is 41.3. The molecule has 2 aromatic heterocycles. The van der Waals surface area contributed by atoms with Gasteiger partial charge in [-0.1, -0.05) is 63.3 Å². The Morgan fingerprint density at radius 3 is 2.18 bits per heavy atom. The van der Waals surface area contributed by atoms with Crippen LogP contribution in [0, 0.1) is 18.3 Å². The van der Waals surface area contributed by atoms with Crippen molar-refractivity contribution >= 4 is 50.9 Å². The van der Waals surface area contributed by atoms with Crippen LogP contribution in [-0.2, 0) is 46.1 Å². The third kappa shape index (κ3) is 19.4. The number of anilines is 1. The molecule has 1 aliphatic heterocycles. The van der Waals surface area contributed by atoms with Crippen molar-refractivity contribution in [2.24, 2.45) is 5.92 Å². The monoisotopic (exact) mass is 854 g/mol. The number of nitrogens with zero attached hydrogens (tertiary/aromatic N) is 4. The van der Waals surface area contributed by atoms with Gasteiger partial charge in [0.1, 0.15) is 12.4 Å². The Morgan fingerprint density at radius 1 is 1.00 bits per heavy atom. The summed E-state index contributed by atoms with van der Waals surface area (Å²) in [7, 11) is -0.757. The molecule has 3 atom stereocenters. The number of aromatic nitrogens is 4. The molecule has 4 N–H and O–H groups in total. The molecule has 1 aromatic carbocycles. The van der Waals surface area contributed by atoms with Crippen molar-refractivity contribution in [2.45, 2.75) is 84.2 Å². The van der Waals surface area contributed by atoms with Crippen molar-refractivity contribution in [3.63, 3.8) is 0 Å². The van der Waals surface area contributed by atoms with Gasteiger partial charge in [-0.25, -0.2) is 4.68 Å². The van der Waals surface area contributed by atoms with E-state index in [1.807, 2.05) is 30.9 Å². The molecule has 18 heteroatoms. The van der Waals surface area contributed by atoms with Gasteiger partial charge in [0.25, 0.3) is 0 Å². The number of carbonyl (C=O) groups is 1. The van der Waals surface area contributed by atoms with E-state index in [0.29, 0.717) is 76.7 Å². The van der Waals surface area contributed by atoms with E-state index in [-0.39, 0.29) is 36.6 Å². The van der Waals surface area contributed by atoms with Crippen LogP contribution in [0.25, 0.3) is 11.0 Å². The highest BCUT2D eigenvalue weighted by atomic mass is 35.5. The van der Waals surface area contributed by atoms with Crippen LogP contribution in [0.15, 0.2) is 30.5 Å². The number of halogens is 1. The summed E-state index contributed by atoms with van der Waals surface area (Å²) < 4.78 is 34.2. The minimum atomic E-state index is -1.74. The van der Waals surface area contributed by atoms with E-state index in [9.17, 15) is 4.79 Å². The Balaban J connectivity index is 0.000000569. The van der Waals surface area contributed by atoms with Crippen LogP contribution >= 0.6 is 28.1 Å². The van der Waals surface area contributed by atoms with Gasteiger partial charge in [0, 0.05) is 34.8 Å². The van der Waals surface area contributed by atoms with Crippen molar-refractivity contribution in [2.75, 3.05) is 77.8 Å².